The molecule has 9 heavy (non-hydrogen) atoms. The maximum absolute atomic E-state index is 10.4. The summed E-state index contributed by atoms with van der Waals surface area (Å²) in [6.45, 7) is 1.67. The second-order valence-electron chi connectivity index (χ2n) is 1.26. The Labute approximate surface area is 53.2 Å². The fourth-order valence-corrected chi connectivity index (χ4v) is 0.248. The smallest absolute Gasteiger partial charge is 0.254 e. The fraction of sp³-hybridized carbons (Fsp3) is 0.400. The normalized spacial score (nSPS) is 8.89. The molecule has 0 aromatic heterocycles. The van der Waals surface area contributed by atoms with Crippen LogP contribution in [0.2, 0.25) is 0 Å². The van der Waals surface area contributed by atoms with Crippen molar-refractivity contribution < 1.29 is 4.79 Å². The molecule has 0 saturated heterocycles. The molecule has 0 radical (unpaired) electrons. The number of hydrogen-bond donors (Lipinski definition) is 1. The van der Waals surface area contributed by atoms with Crippen molar-refractivity contribution in [1.29, 1.82) is 5.26 Å². The van der Waals surface area contributed by atoms with Gasteiger partial charge in [-0.1, -0.05) is 0 Å². The molecule has 0 spiro atoms. The third kappa shape index (κ3) is 4.48. The summed E-state index contributed by atoms with van der Waals surface area (Å²) >= 11 is 0. The highest BCUT2D eigenvalue weighted by Gasteiger charge is 1.93. The van der Waals surface area contributed by atoms with E-state index < -0.39 is 0 Å². The molecule has 0 saturated carbocycles. The first kappa shape index (κ1) is 7.63. The Bertz CT molecular complexity index is 156. The monoisotopic (exact) mass is 125 g/mol. The van der Waals surface area contributed by atoms with Crippen LogP contribution in [0, 0.1) is 11.3 Å². The van der Waals surface area contributed by atoms with Crippen molar-refractivity contribution in [2.45, 2.75) is 13.3 Å². The predicted molar refractivity (Wildman–Crippen MR) is 32.5 cm³/mol. The fourth-order valence-electron chi connectivity index (χ4n) is 0.248. The zero-order chi connectivity index (χ0) is 7.11. The molecular weight excluding hydrogens is 118 g/mol. The lowest BCUT2D eigenvalue weighted by atomic mass is 10.5. The number of hydrazone groups is 1. The third-order valence-corrected chi connectivity index (χ3v) is 0.558. The van der Waals surface area contributed by atoms with Crippen LogP contribution in [0.1, 0.15) is 13.3 Å². The largest absolute Gasteiger partial charge is 0.272 e. The summed E-state index contributed by atoms with van der Waals surface area (Å²) in [5, 5.41) is 11.4. The number of rotatable bonds is 2. The van der Waals surface area contributed by atoms with E-state index in [0.29, 0.717) is 0 Å². The predicted octanol–water partition coefficient (Wildman–Crippen LogP) is 0.0220. The van der Waals surface area contributed by atoms with Gasteiger partial charge in [-0.05, 0) is 6.92 Å². The van der Waals surface area contributed by atoms with Gasteiger partial charge in [-0.2, -0.15) is 10.4 Å². The first-order chi connectivity index (χ1) is 4.31. The van der Waals surface area contributed by atoms with Gasteiger partial charge in [0.05, 0.1) is 6.07 Å². The molecule has 0 rings (SSSR count). The number of amides is 1. The summed E-state index contributed by atoms with van der Waals surface area (Å²) in [5.74, 6) is -0.379. The van der Waals surface area contributed by atoms with Crippen LogP contribution in [0.3, 0.4) is 0 Å². The molecule has 48 valence electrons. The number of hydrogen-bond acceptors (Lipinski definition) is 3. The quantitative estimate of drug-likeness (QED) is 0.417. The van der Waals surface area contributed by atoms with Crippen LogP contribution in [0.15, 0.2) is 5.10 Å². The molecule has 0 aliphatic rings. The number of nitriles is 1. The molecule has 0 aromatic rings. The summed E-state index contributed by atoms with van der Waals surface area (Å²) in [4.78, 5) is 10.4. The topological polar surface area (TPSA) is 65.2 Å². The summed E-state index contributed by atoms with van der Waals surface area (Å²) in [7, 11) is 0. The van der Waals surface area contributed by atoms with Gasteiger partial charge in [0.25, 0.3) is 5.91 Å². The maximum atomic E-state index is 10.4. The van der Waals surface area contributed by atoms with Crippen molar-refractivity contribution in [3.05, 3.63) is 0 Å². The summed E-state index contributed by atoms with van der Waals surface area (Å²) in [6.07, 6.45) is 1.30. The average Bonchev–Trinajstić information content (AvgIpc) is 1.85. The molecule has 0 atom stereocenters. The van der Waals surface area contributed by atoms with E-state index in [4.69, 9.17) is 5.26 Å². The van der Waals surface area contributed by atoms with Gasteiger partial charge in [0, 0.05) is 6.21 Å². The number of carbonyl (C=O) groups excluding carboxylic acids is 1. The van der Waals surface area contributed by atoms with Crippen LogP contribution < -0.4 is 5.43 Å². The minimum atomic E-state index is -0.379. The van der Waals surface area contributed by atoms with E-state index in [9.17, 15) is 4.79 Å². The molecule has 0 aliphatic heterocycles. The van der Waals surface area contributed by atoms with E-state index in [1.165, 1.54) is 6.21 Å². The van der Waals surface area contributed by atoms with Gasteiger partial charge in [-0.3, -0.25) is 4.79 Å². The Hall–Kier alpha value is -1.37. The minimum Gasteiger partial charge on any atom is -0.272 e. The summed E-state index contributed by atoms with van der Waals surface area (Å²) in [6, 6.07) is 1.69. The van der Waals surface area contributed by atoms with E-state index in [-0.39, 0.29) is 12.3 Å². The zero-order valence-corrected chi connectivity index (χ0v) is 5.09. The van der Waals surface area contributed by atoms with Gasteiger partial charge >= 0.3 is 0 Å². The van der Waals surface area contributed by atoms with Gasteiger partial charge in [0.1, 0.15) is 6.42 Å². The van der Waals surface area contributed by atoms with Crippen molar-refractivity contribution in [3.8, 4) is 6.07 Å². The highest BCUT2D eigenvalue weighted by molar-refractivity contribution is 5.78. The maximum Gasteiger partial charge on any atom is 0.254 e. The first-order valence-electron chi connectivity index (χ1n) is 2.44. The second kappa shape index (κ2) is 4.78. The molecule has 0 bridgehead atoms. The molecule has 0 fully saturated rings. The van der Waals surface area contributed by atoms with E-state index in [2.05, 4.69) is 10.5 Å². The van der Waals surface area contributed by atoms with E-state index in [1.54, 1.807) is 13.0 Å². The highest BCUT2D eigenvalue weighted by Crippen LogP contribution is 1.72. The number of nitrogens with zero attached hydrogens (tertiary/aromatic N) is 2. The Morgan fingerprint density at radius 3 is 3.11 bits per heavy atom. The van der Waals surface area contributed by atoms with Gasteiger partial charge in [0.15, 0.2) is 0 Å². The molecular formula is C5H7N3O. The van der Waals surface area contributed by atoms with Gasteiger partial charge in [-0.25, -0.2) is 5.43 Å². The highest BCUT2D eigenvalue weighted by atomic mass is 16.2. The zero-order valence-electron chi connectivity index (χ0n) is 5.09. The number of carbonyl (C=O) groups is 1. The van der Waals surface area contributed by atoms with Crippen molar-refractivity contribution in [3.63, 3.8) is 0 Å². The average molecular weight is 125 g/mol. The molecule has 0 aromatic carbocycles. The van der Waals surface area contributed by atoms with Crippen molar-refractivity contribution in [1.82, 2.24) is 5.43 Å². The van der Waals surface area contributed by atoms with Crippen molar-refractivity contribution >= 4 is 12.1 Å². The SMILES string of the molecule is CC=NNC(=O)CC#N. The van der Waals surface area contributed by atoms with Crippen LogP contribution in [0.25, 0.3) is 0 Å². The summed E-state index contributed by atoms with van der Waals surface area (Å²) in [5.41, 5.74) is 2.14. The Kier molecular flexibility index (Phi) is 4.05. The van der Waals surface area contributed by atoms with E-state index in [0.717, 1.165) is 0 Å². The van der Waals surface area contributed by atoms with Crippen LogP contribution in [0.4, 0.5) is 0 Å². The molecule has 0 unspecified atom stereocenters. The second-order valence-corrected chi connectivity index (χ2v) is 1.26. The molecule has 0 aliphatic carbocycles. The Morgan fingerprint density at radius 2 is 2.67 bits per heavy atom. The van der Waals surface area contributed by atoms with Crippen molar-refractivity contribution in [2.24, 2.45) is 5.10 Å². The lowest BCUT2D eigenvalue weighted by Gasteiger charge is -1.88. The van der Waals surface area contributed by atoms with E-state index >= 15 is 0 Å². The van der Waals surface area contributed by atoms with Gasteiger partial charge in [-0.15, -0.1) is 0 Å². The molecule has 1 N–H and O–H groups in total. The van der Waals surface area contributed by atoms with Gasteiger partial charge in [0.2, 0.25) is 0 Å². The minimum absolute atomic E-state index is 0.142. The molecule has 4 nitrogen and oxygen atoms in total. The van der Waals surface area contributed by atoms with Gasteiger partial charge < -0.3 is 0 Å². The van der Waals surface area contributed by atoms with Crippen LogP contribution in [0.5, 0.6) is 0 Å². The first-order valence-corrected chi connectivity index (χ1v) is 2.44. The molecule has 4 heteroatoms. The van der Waals surface area contributed by atoms with Crippen molar-refractivity contribution in [2.75, 3.05) is 0 Å². The third-order valence-electron chi connectivity index (χ3n) is 0.558. The lowest BCUT2D eigenvalue weighted by Crippen LogP contribution is -2.15. The summed E-state index contributed by atoms with van der Waals surface area (Å²) < 4.78 is 0. The standard InChI is InChI=1S/C5H7N3O/c1-2-7-8-5(9)3-4-6/h2H,3H2,1H3,(H,8,9). The van der Waals surface area contributed by atoms with Crippen LogP contribution in [-0.2, 0) is 4.79 Å². The number of nitrogens with one attached hydrogen (secondary N) is 1. The van der Waals surface area contributed by atoms with E-state index in [1.807, 2.05) is 0 Å². The molecule has 1 amide bonds. The van der Waals surface area contributed by atoms with Crippen LogP contribution >= 0.6 is 0 Å². The molecule has 0 heterocycles. The Morgan fingerprint density at radius 1 is 2.00 bits per heavy atom. The Balaban J connectivity index is 3.42. The van der Waals surface area contributed by atoms with Crippen LogP contribution in [-0.4, -0.2) is 12.1 Å². The lowest BCUT2D eigenvalue weighted by molar-refractivity contribution is -0.120.